The lowest BCUT2D eigenvalue weighted by Gasteiger charge is -2.32. The first-order chi connectivity index (χ1) is 13.6. The summed E-state index contributed by atoms with van der Waals surface area (Å²) in [6.45, 7) is 7.52. The predicted molar refractivity (Wildman–Crippen MR) is 110 cm³/mol. The lowest BCUT2D eigenvalue weighted by molar-refractivity contribution is -0.121. The van der Waals surface area contributed by atoms with E-state index in [9.17, 15) is 4.79 Å². The van der Waals surface area contributed by atoms with Crippen molar-refractivity contribution >= 4 is 22.6 Å². The van der Waals surface area contributed by atoms with Crippen LogP contribution in [0, 0.1) is 11.8 Å². The predicted octanol–water partition coefficient (Wildman–Crippen LogP) is 3.33. The van der Waals surface area contributed by atoms with Gasteiger partial charge in [-0.3, -0.25) is 9.89 Å². The van der Waals surface area contributed by atoms with Crippen LogP contribution >= 0.6 is 0 Å². The molecule has 1 aliphatic heterocycles. The van der Waals surface area contributed by atoms with Crippen LogP contribution in [-0.4, -0.2) is 50.8 Å². The number of nitrogens with one attached hydrogen (secondary N) is 2. The van der Waals surface area contributed by atoms with E-state index in [-0.39, 0.29) is 11.8 Å². The van der Waals surface area contributed by atoms with Gasteiger partial charge in [-0.1, -0.05) is 19.9 Å². The Balaban J connectivity index is 1.43. The molecule has 0 spiro atoms. The lowest BCUT2D eigenvalue weighted by atomic mass is 9.95. The van der Waals surface area contributed by atoms with Crippen molar-refractivity contribution in [3.63, 3.8) is 0 Å². The molecule has 146 valence electrons. The maximum atomic E-state index is 12.7. The van der Waals surface area contributed by atoms with E-state index in [1.807, 2.05) is 30.5 Å². The van der Waals surface area contributed by atoms with Crippen LogP contribution in [0.25, 0.3) is 22.0 Å². The van der Waals surface area contributed by atoms with Gasteiger partial charge < -0.3 is 10.2 Å². The second-order valence-electron chi connectivity index (χ2n) is 7.95. The van der Waals surface area contributed by atoms with Crippen LogP contribution in [-0.2, 0) is 4.79 Å². The van der Waals surface area contributed by atoms with Crippen molar-refractivity contribution in [2.24, 2.45) is 11.8 Å². The smallest absolute Gasteiger partial charge is 0.228 e. The van der Waals surface area contributed by atoms with Gasteiger partial charge in [0, 0.05) is 29.6 Å². The first-order valence-corrected chi connectivity index (χ1v) is 9.88. The largest absolute Gasteiger partial charge is 0.309 e. The molecule has 0 unspecified atom stereocenters. The molecule has 0 saturated carbocycles. The van der Waals surface area contributed by atoms with E-state index in [2.05, 4.69) is 44.5 Å². The van der Waals surface area contributed by atoms with E-state index < -0.39 is 0 Å². The molecule has 1 aromatic carbocycles. The van der Waals surface area contributed by atoms with Crippen LogP contribution in [0.4, 0.5) is 5.82 Å². The minimum atomic E-state index is 0.0400. The second-order valence-corrected chi connectivity index (χ2v) is 7.95. The summed E-state index contributed by atoms with van der Waals surface area (Å²) < 4.78 is 0. The van der Waals surface area contributed by atoms with Crippen LogP contribution in [0.1, 0.15) is 26.7 Å². The van der Waals surface area contributed by atoms with Crippen LogP contribution in [0.5, 0.6) is 0 Å². The third-order valence-electron chi connectivity index (χ3n) is 5.25. The molecular weight excluding hydrogens is 352 g/mol. The van der Waals surface area contributed by atoms with Crippen molar-refractivity contribution in [2.45, 2.75) is 26.7 Å². The Morgan fingerprint density at radius 3 is 2.75 bits per heavy atom. The topological polar surface area (TPSA) is 86.8 Å². The molecule has 28 heavy (non-hydrogen) atoms. The molecule has 2 aromatic heterocycles. The Labute approximate surface area is 164 Å². The molecule has 0 bridgehead atoms. The normalized spacial score (nSPS) is 16.0. The fraction of sp³-hybridized carbons (Fsp3) is 0.429. The summed E-state index contributed by atoms with van der Waals surface area (Å²) in [6, 6.07) is 7.85. The van der Waals surface area contributed by atoms with E-state index in [1.54, 1.807) is 6.20 Å². The third kappa shape index (κ3) is 4.20. The average molecular weight is 378 g/mol. The van der Waals surface area contributed by atoms with Gasteiger partial charge in [-0.25, -0.2) is 0 Å². The molecule has 2 N–H and O–H groups in total. The summed E-state index contributed by atoms with van der Waals surface area (Å²) in [7, 11) is 0. The fourth-order valence-corrected chi connectivity index (χ4v) is 3.82. The quantitative estimate of drug-likeness (QED) is 0.711. The molecular formula is C21H26N6O. The van der Waals surface area contributed by atoms with Gasteiger partial charge in [-0.2, -0.15) is 5.10 Å². The Hall–Kier alpha value is -2.80. The number of aromatic nitrogens is 4. The van der Waals surface area contributed by atoms with Gasteiger partial charge in [0.25, 0.3) is 0 Å². The van der Waals surface area contributed by atoms with E-state index >= 15 is 0 Å². The minimum Gasteiger partial charge on any atom is -0.309 e. The number of amides is 1. The molecule has 0 atom stereocenters. The summed E-state index contributed by atoms with van der Waals surface area (Å²) in [6.07, 6.45) is 5.42. The monoisotopic (exact) mass is 378 g/mol. The van der Waals surface area contributed by atoms with Gasteiger partial charge in [0.2, 0.25) is 5.91 Å². The number of carbonyl (C=O) groups is 1. The van der Waals surface area contributed by atoms with Crippen LogP contribution in [0.3, 0.4) is 0 Å². The van der Waals surface area contributed by atoms with Crippen molar-refractivity contribution in [3.8, 4) is 11.1 Å². The molecule has 1 amide bonds. The van der Waals surface area contributed by atoms with Gasteiger partial charge in [0.15, 0.2) is 5.82 Å². The van der Waals surface area contributed by atoms with Gasteiger partial charge >= 0.3 is 0 Å². The molecule has 3 heterocycles. The molecule has 0 aliphatic carbocycles. The highest BCUT2D eigenvalue weighted by Gasteiger charge is 2.25. The number of rotatable bonds is 5. The van der Waals surface area contributed by atoms with Gasteiger partial charge in [-0.05, 0) is 55.6 Å². The zero-order valence-corrected chi connectivity index (χ0v) is 16.4. The summed E-state index contributed by atoms with van der Waals surface area (Å²) in [5.41, 5.74) is 2.86. The molecule has 1 saturated heterocycles. The van der Waals surface area contributed by atoms with Gasteiger partial charge in [-0.15, -0.1) is 10.2 Å². The van der Waals surface area contributed by atoms with Crippen LogP contribution in [0.2, 0.25) is 0 Å². The summed E-state index contributed by atoms with van der Waals surface area (Å²) in [5.74, 6) is 1.25. The molecule has 4 rings (SSSR count). The van der Waals surface area contributed by atoms with Crippen LogP contribution in [0.15, 0.2) is 36.7 Å². The van der Waals surface area contributed by atoms with E-state index in [0.717, 1.165) is 54.5 Å². The average Bonchev–Trinajstić information content (AvgIpc) is 3.22. The van der Waals surface area contributed by atoms with Crippen molar-refractivity contribution < 1.29 is 4.79 Å². The second kappa shape index (κ2) is 8.06. The number of piperidine rings is 1. The number of nitrogens with zero attached hydrogens (tertiary/aromatic N) is 4. The van der Waals surface area contributed by atoms with Crippen molar-refractivity contribution in [1.29, 1.82) is 0 Å². The number of hydrogen-bond donors (Lipinski definition) is 2. The van der Waals surface area contributed by atoms with Crippen molar-refractivity contribution in [1.82, 2.24) is 25.3 Å². The molecule has 1 aliphatic rings. The number of aromatic amines is 1. The summed E-state index contributed by atoms with van der Waals surface area (Å²) in [5, 5.41) is 19.2. The summed E-state index contributed by atoms with van der Waals surface area (Å²) >= 11 is 0. The first kappa shape index (κ1) is 18.6. The molecule has 0 radical (unpaired) electrons. The zero-order valence-electron chi connectivity index (χ0n) is 16.4. The van der Waals surface area contributed by atoms with E-state index in [4.69, 9.17) is 0 Å². The number of hydrogen-bond acceptors (Lipinski definition) is 5. The van der Waals surface area contributed by atoms with E-state index in [1.165, 1.54) is 0 Å². The number of carbonyl (C=O) groups excluding carboxylic acids is 1. The molecule has 1 fully saturated rings. The number of fused-ring (bicyclic) bond motifs is 1. The van der Waals surface area contributed by atoms with Crippen molar-refractivity contribution in [2.75, 3.05) is 25.0 Å². The summed E-state index contributed by atoms with van der Waals surface area (Å²) in [4.78, 5) is 15.1. The van der Waals surface area contributed by atoms with Gasteiger partial charge in [0.1, 0.15) is 0 Å². The highest BCUT2D eigenvalue weighted by atomic mass is 16.2. The number of likely N-dealkylation sites (tertiary alicyclic amines) is 1. The first-order valence-electron chi connectivity index (χ1n) is 9.88. The zero-order chi connectivity index (χ0) is 19.5. The minimum absolute atomic E-state index is 0.0400. The Morgan fingerprint density at radius 1 is 1.21 bits per heavy atom. The Morgan fingerprint density at radius 2 is 2.04 bits per heavy atom. The Kier molecular flexibility index (Phi) is 5.34. The molecule has 7 nitrogen and oxygen atoms in total. The third-order valence-corrected chi connectivity index (χ3v) is 5.25. The van der Waals surface area contributed by atoms with Gasteiger partial charge in [0.05, 0.1) is 11.7 Å². The maximum Gasteiger partial charge on any atom is 0.228 e. The van der Waals surface area contributed by atoms with E-state index in [0.29, 0.717) is 11.7 Å². The van der Waals surface area contributed by atoms with Crippen molar-refractivity contribution in [3.05, 3.63) is 36.7 Å². The highest BCUT2D eigenvalue weighted by Crippen LogP contribution is 2.24. The van der Waals surface area contributed by atoms with Crippen LogP contribution < -0.4 is 5.32 Å². The highest BCUT2D eigenvalue weighted by molar-refractivity contribution is 5.94. The SMILES string of the molecule is CC(C)CN1CCC(C(=O)Nc2cc3cc(-c4cn[nH]c4)ccc3nn2)CC1. The standard InChI is InChI=1S/C21H26N6O/c1-14(2)13-27-7-5-15(6-8-27)21(28)24-20-10-17-9-16(18-11-22-23-12-18)3-4-19(17)25-26-20/h3-4,9-12,14-15H,5-8,13H2,1-2H3,(H,22,23)(H,24,26,28). The Bertz CT molecular complexity index is 945. The lowest BCUT2D eigenvalue weighted by Crippen LogP contribution is -2.39. The fourth-order valence-electron chi connectivity index (χ4n) is 3.82. The molecule has 3 aromatic rings. The number of benzene rings is 1. The molecule has 7 heteroatoms. The number of H-pyrrole nitrogens is 1. The maximum absolute atomic E-state index is 12.7. The number of anilines is 1.